The Labute approximate surface area is 110 Å². The third-order valence-corrected chi connectivity index (χ3v) is 4.92. The first kappa shape index (κ1) is 17.1. The Morgan fingerprint density at radius 1 is 1.00 bits per heavy atom. The Bertz CT molecular complexity index is 183. The molecule has 0 bridgehead atoms. The molecule has 0 aliphatic heterocycles. The van der Waals surface area contributed by atoms with Gasteiger partial charge in [0.15, 0.2) is 0 Å². The highest BCUT2D eigenvalue weighted by Crippen LogP contribution is 2.12. The molecule has 17 heavy (non-hydrogen) atoms. The maximum Gasteiger partial charge on any atom is 0.0546 e. The summed E-state index contributed by atoms with van der Waals surface area (Å²) in [6.45, 7) is 4.33. The van der Waals surface area contributed by atoms with Crippen molar-refractivity contribution in [1.82, 2.24) is 0 Å². The average Bonchev–Trinajstić information content (AvgIpc) is 2.32. The van der Waals surface area contributed by atoms with Gasteiger partial charge in [-0.15, -0.1) is 0 Å². The molecule has 0 spiro atoms. The number of hydrogen-bond donors (Lipinski definition) is 1. The number of aliphatic hydroxyl groups excluding tert-OH is 1. The second-order valence-corrected chi connectivity index (χ2v) is 6.86. The van der Waals surface area contributed by atoms with Crippen molar-refractivity contribution in [2.45, 2.75) is 76.9 Å². The minimum atomic E-state index is -0.826. The number of aliphatic hydroxyl groups is 1. The highest BCUT2D eigenvalue weighted by molar-refractivity contribution is 7.85. The summed E-state index contributed by atoms with van der Waals surface area (Å²) in [5, 5.41) is 8.96. The first-order valence-corrected chi connectivity index (χ1v) is 8.58. The second-order valence-electron chi connectivity index (χ2n) is 4.88. The van der Waals surface area contributed by atoms with Crippen LogP contribution < -0.4 is 0 Å². The van der Waals surface area contributed by atoms with E-state index in [1.807, 2.05) is 6.92 Å². The van der Waals surface area contributed by atoms with E-state index in [9.17, 15) is 4.21 Å². The van der Waals surface area contributed by atoms with Crippen LogP contribution in [0.4, 0.5) is 0 Å². The minimum Gasteiger partial charge on any atom is -0.395 e. The Balaban J connectivity index is 3.24. The minimum absolute atomic E-state index is 0.0500. The quantitative estimate of drug-likeness (QED) is 0.545. The monoisotopic (exact) mass is 262 g/mol. The molecule has 0 aliphatic carbocycles. The van der Waals surface area contributed by atoms with Gasteiger partial charge in [-0.2, -0.15) is 0 Å². The summed E-state index contributed by atoms with van der Waals surface area (Å²) in [7, 11) is -0.826. The van der Waals surface area contributed by atoms with Gasteiger partial charge in [0.25, 0.3) is 0 Å². The number of hydrogen-bond acceptors (Lipinski definition) is 2. The van der Waals surface area contributed by atoms with Crippen LogP contribution in [-0.4, -0.2) is 26.9 Å². The Kier molecular flexibility index (Phi) is 12.6. The molecule has 1 N–H and O–H groups in total. The largest absolute Gasteiger partial charge is 0.395 e. The lowest BCUT2D eigenvalue weighted by Gasteiger charge is -2.10. The van der Waals surface area contributed by atoms with Crippen LogP contribution in [0.3, 0.4) is 0 Å². The Morgan fingerprint density at radius 2 is 1.53 bits per heavy atom. The van der Waals surface area contributed by atoms with E-state index in [4.69, 9.17) is 5.11 Å². The van der Waals surface area contributed by atoms with E-state index in [0.29, 0.717) is 5.75 Å². The standard InChI is InChI=1S/C14H30O2S/c1-3-4-5-6-7-8-9-10-11-14(2)17(16)13-12-15/h14-15H,3-13H2,1-2H3. The van der Waals surface area contributed by atoms with Crippen molar-refractivity contribution >= 4 is 10.8 Å². The van der Waals surface area contributed by atoms with Crippen LogP contribution in [0, 0.1) is 0 Å². The van der Waals surface area contributed by atoms with Crippen LogP contribution in [0.2, 0.25) is 0 Å². The van der Waals surface area contributed by atoms with Crippen LogP contribution >= 0.6 is 0 Å². The number of unbranched alkanes of at least 4 members (excludes halogenated alkanes) is 7. The molecule has 0 aromatic rings. The van der Waals surface area contributed by atoms with Crippen molar-refractivity contribution in [1.29, 1.82) is 0 Å². The third-order valence-electron chi connectivity index (χ3n) is 3.21. The summed E-state index contributed by atoms with van der Waals surface area (Å²) in [6.07, 6.45) is 11.6. The van der Waals surface area contributed by atoms with E-state index in [1.54, 1.807) is 0 Å². The van der Waals surface area contributed by atoms with Crippen molar-refractivity contribution < 1.29 is 9.32 Å². The van der Waals surface area contributed by atoms with Crippen LogP contribution in [0.15, 0.2) is 0 Å². The molecule has 0 radical (unpaired) electrons. The molecule has 3 heteroatoms. The van der Waals surface area contributed by atoms with E-state index in [1.165, 1.54) is 51.4 Å². The van der Waals surface area contributed by atoms with Gasteiger partial charge < -0.3 is 5.11 Å². The lowest BCUT2D eigenvalue weighted by atomic mass is 10.1. The molecule has 2 atom stereocenters. The fourth-order valence-electron chi connectivity index (χ4n) is 1.99. The van der Waals surface area contributed by atoms with Crippen LogP contribution in [0.25, 0.3) is 0 Å². The van der Waals surface area contributed by atoms with Gasteiger partial charge in [-0.1, -0.05) is 65.2 Å². The van der Waals surface area contributed by atoms with Crippen molar-refractivity contribution in [3.63, 3.8) is 0 Å². The van der Waals surface area contributed by atoms with Gasteiger partial charge in [-0.05, 0) is 6.42 Å². The van der Waals surface area contributed by atoms with Crippen LogP contribution in [-0.2, 0) is 10.8 Å². The summed E-state index contributed by atoms with van der Waals surface area (Å²) in [5.74, 6) is 0.443. The van der Waals surface area contributed by atoms with Gasteiger partial charge in [0.1, 0.15) is 0 Å². The molecule has 0 aromatic heterocycles. The predicted molar refractivity (Wildman–Crippen MR) is 76.8 cm³/mol. The molecular formula is C14H30O2S. The Hall–Kier alpha value is 0.110. The lowest BCUT2D eigenvalue weighted by Crippen LogP contribution is -2.15. The maximum absolute atomic E-state index is 11.5. The first-order chi connectivity index (χ1) is 8.22. The zero-order chi connectivity index (χ0) is 12.9. The van der Waals surface area contributed by atoms with Gasteiger partial charge in [-0.25, -0.2) is 0 Å². The summed E-state index contributed by atoms with van der Waals surface area (Å²) < 4.78 is 11.5. The number of rotatable bonds is 12. The lowest BCUT2D eigenvalue weighted by molar-refractivity contribution is 0.321. The fourth-order valence-corrected chi connectivity index (χ4v) is 3.00. The first-order valence-electron chi connectivity index (χ1n) is 7.20. The van der Waals surface area contributed by atoms with Crippen molar-refractivity contribution in [2.24, 2.45) is 0 Å². The molecule has 0 saturated heterocycles. The zero-order valence-corrected chi connectivity index (χ0v) is 12.4. The third kappa shape index (κ3) is 11.0. The van der Waals surface area contributed by atoms with E-state index in [0.717, 1.165) is 6.42 Å². The molecule has 0 saturated carbocycles. The average molecular weight is 262 g/mol. The fraction of sp³-hybridized carbons (Fsp3) is 1.00. The molecule has 0 heterocycles. The molecule has 0 aliphatic rings. The second kappa shape index (κ2) is 12.6. The zero-order valence-electron chi connectivity index (χ0n) is 11.6. The van der Waals surface area contributed by atoms with E-state index in [-0.39, 0.29) is 11.9 Å². The SMILES string of the molecule is CCCCCCCCCCC(C)S(=O)CCO. The summed E-state index contributed by atoms with van der Waals surface area (Å²) >= 11 is 0. The van der Waals surface area contributed by atoms with Gasteiger partial charge >= 0.3 is 0 Å². The molecule has 104 valence electrons. The van der Waals surface area contributed by atoms with Gasteiger partial charge in [-0.3, -0.25) is 4.21 Å². The predicted octanol–water partition coefficient (Wildman–Crippen LogP) is 3.65. The van der Waals surface area contributed by atoms with E-state index < -0.39 is 10.8 Å². The molecule has 2 nitrogen and oxygen atoms in total. The molecule has 0 aromatic carbocycles. The molecule has 0 rings (SSSR count). The molecule has 0 fully saturated rings. The van der Waals surface area contributed by atoms with Gasteiger partial charge in [0.2, 0.25) is 0 Å². The molecular weight excluding hydrogens is 232 g/mol. The topological polar surface area (TPSA) is 37.3 Å². The van der Waals surface area contributed by atoms with Crippen molar-refractivity contribution in [3.05, 3.63) is 0 Å². The van der Waals surface area contributed by atoms with Crippen molar-refractivity contribution in [3.8, 4) is 0 Å². The highest BCUT2D eigenvalue weighted by Gasteiger charge is 2.09. The van der Waals surface area contributed by atoms with E-state index >= 15 is 0 Å². The highest BCUT2D eigenvalue weighted by atomic mass is 32.2. The summed E-state index contributed by atoms with van der Waals surface area (Å²) in [6, 6.07) is 0. The van der Waals surface area contributed by atoms with Gasteiger partial charge in [0.05, 0.1) is 6.61 Å². The molecule has 2 unspecified atom stereocenters. The van der Waals surface area contributed by atoms with Crippen LogP contribution in [0.5, 0.6) is 0 Å². The summed E-state index contributed by atoms with van der Waals surface area (Å²) in [4.78, 5) is 0. The Morgan fingerprint density at radius 3 is 2.06 bits per heavy atom. The summed E-state index contributed by atoms with van der Waals surface area (Å²) in [5.41, 5.74) is 0. The van der Waals surface area contributed by atoms with E-state index in [2.05, 4.69) is 6.92 Å². The smallest absolute Gasteiger partial charge is 0.0546 e. The normalized spacial score (nSPS) is 14.8. The van der Waals surface area contributed by atoms with Gasteiger partial charge in [0, 0.05) is 21.8 Å². The van der Waals surface area contributed by atoms with Crippen LogP contribution in [0.1, 0.15) is 71.6 Å². The maximum atomic E-state index is 11.5. The van der Waals surface area contributed by atoms with Crippen molar-refractivity contribution in [2.75, 3.05) is 12.4 Å². The molecule has 0 amide bonds.